The number of fused-ring (bicyclic) bond motifs is 2. The lowest BCUT2D eigenvalue weighted by molar-refractivity contribution is -0.644. The van der Waals surface area contributed by atoms with Crippen molar-refractivity contribution in [3.05, 3.63) is 54.1 Å². The summed E-state index contributed by atoms with van der Waals surface area (Å²) in [5, 5.41) is 2.52. The van der Waals surface area contributed by atoms with Gasteiger partial charge in [-0.05, 0) is 31.5 Å². The second kappa shape index (κ2) is 5.04. The Morgan fingerprint density at radius 1 is 0.950 bits per heavy atom. The van der Waals surface area contributed by atoms with Crippen LogP contribution in [0.4, 0.5) is 0 Å². The summed E-state index contributed by atoms with van der Waals surface area (Å²) in [6.45, 7) is 4.55. The Morgan fingerprint density at radius 2 is 1.45 bits per heavy atom. The molecule has 0 N–H and O–H groups in total. The number of carbonyl (C=O) groups is 1. The van der Waals surface area contributed by atoms with Crippen molar-refractivity contribution in [1.82, 2.24) is 0 Å². The first kappa shape index (κ1) is 12.8. The van der Waals surface area contributed by atoms with E-state index in [2.05, 4.69) is 60.0 Å². The predicted octanol–water partition coefficient (Wildman–Crippen LogP) is 3.57. The van der Waals surface area contributed by atoms with Crippen LogP contribution in [0.25, 0.3) is 21.8 Å². The molecule has 0 aliphatic carbocycles. The monoisotopic (exact) mass is 264 g/mol. The minimum Gasteiger partial charge on any atom is -0.300 e. The molecule has 3 rings (SSSR count). The van der Waals surface area contributed by atoms with Gasteiger partial charge in [0.1, 0.15) is 5.78 Å². The number of carbonyl (C=O) groups excluding carboxylic acids is 1. The van der Waals surface area contributed by atoms with Crippen LogP contribution in [0.3, 0.4) is 0 Å². The number of benzene rings is 2. The van der Waals surface area contributed by atoms with Gasteiger partial charge in [0.15, 0.2) is 6.54 Å². The van der Waals surface area contributed by atoms with Crippen LogP contribution in [-0.2, 0) is 11.3 Å². The van der Waals surface area contributed by atoms with E-state index < -0.39 is 0 Å². The molecule has 0 saturated heterocycles. The van der Waals surface area contributed by atoms with Gasteiger partial charge in [-0.15, -0.1) is 0 Å². The Bertz CT molecular complexity index is 748. The minimum absolute atomic E-state index is 0.228. The first-order valence-corrected chi connectivity index (χ1v) is 6.98. The van der Waals surface area contributed by atoms with E-state index in [0.717, 1.165) is 6.54 Å². The summed E-state index contributed by atoms with van der Waals surface area (Å²) < 4.78 is 2.26. The topological polar surface area (TPSA) is 20.9 Å². The third-order valence-electron chi connectivity index (χ3n) is 3.89. The molecule has 0 atom stereocenters. The fourth-order valence-corrected chi connectivity index (χ4v) is 2.84. The van der Waals surface area contributed by atoms with Crippen molar-refractivity contribution in [2.75, 3.05) is 0 Å². The van der Waals surface area contributed by atoms with Gasteiger partial charge in [-0.3, -0.25) is 4.79 Å². The van der Waals surface area contributed by atoms with Crippen molar-refractivity contribution in [2.45, 2.75) is 26.8 Å². The zero-order chi connectivity index (χ0) is 14.1. The summed E-state index contributed by atoms with van der Waals surface area (Å²) in [6, 6.07) is 16.8. The molecule has 1 heterocycles. The molecule has 0 unspecified atom stereocenters. The largest absolute Gasteiger partial charge is 0.300 e. The van der Waals surface area contributed by atoms with Gasteiger partial charge in [0.25, 0.3) is 0 Å². The Kier molecular flexibility index (Phi) is 3.23. The normalized spacial score (nSPS) is 11.1. The standard InChI is InChI=1S/C18H18NO/c1-13(20)11-12-19-17-9-5-3-7-15(17)14(2)16-8-4-6-10-18(16)19/h3-10H,11-12H2,1-2H3/q+1. The van der Waals surface area contributed by atoms with Crippen molar-refractivity contribution in [3.8, 4) is 0 Å². The fourth-order valence-electron chi connectivity index (χ4n) is 2.84. The quantitative estimate of drug-likeness (QED) is 0.523. The Labute approximate surface area is 118 Å². The lowest BCUT2D eigenvalue weighted by atomic mass is 10.0. The number of pyridine rings is 1. The Morgan fingerprint density at radius 3 is 1.95 bits per heavy atom. The summed E-state index contributed by atoms with van der Waals surface area (Å²) in [6.07, 6.45) is 0.571. The average molecular weight is 264 g/mol. The predicted molar refractivity (Wildman–Crippen MR) is 81.7 cm³/mol. The van der Waals surface area contributed by atoms with Crippen molar-refractivity contribution >= 4 is 27.6 Å². The highest BCUT2D eigenvalue weighted by Gasteiger charge is 2.17. The van der Waals surface area contributed by atoms with E-state index in [9.17, 15) is 4.79 Å². The summed E-state index contributed by atoms with van der Waals surface area (Å²) >= 11 is 0. The third kappa shape index (κ3) is 2.07. The first-order chi connectivity index (χ1) is 9.68. The fraction of sp³-hybridized carbons (Fsp3) is 0.222. The maximum absolute atomic E-state index is 11.3. The van der Waals surface area contributed by atoms with Crippen LogP contribution in [-0.4, -0.2) is 5.78 Å². The van der Waals surface area contributed by atoms with Gasteiger partial charge in [0.05, 0.1) is 6.42 Å². The van der Waals surface area contributed by atoms with Crippen LogP contribution in [0.15, 0.2) is 48.5 Å². The number of para-hydroxylation sites is 2. The number of hydrogen-bond donors (Lipinski definition) is 0. The number of rotatable bonds is 3. The molecule has 0 amide bonds. The molecule has 100 valence electrons. The summed E-state index contributed by atoms with van der Waals surface area (Å²) in [5.74, 6) is 0.228. The molecule has 0 saturated carbocycles. The SMILES string of the molecule is CC(=O)CC[n+]1c2ccccc2c(C)c2ccccc21. The lowest BCUT2D eigenvalue weighted by Gasteiger charge is -2.08. The number of ketones is 1. The van der Waals surface area contributed by atoms with E-state index >= 15 is 0 Å². The zero-order valence-corrected chi connectivity index (χ0v) is 11.9. The van der Waals surface area contributed by atoms with Gasteiger partial charge in [0, 0.05) is 22.9 Å². The summed E-state index contributed by atoms with van der Waals surface area (Å²) in [4.78, 5) is 11.3. The van der Waals surface area contributed by atoms with Crippen LogP contribution in [0.2, 0.25) is 0 Å². The molecule has 0 aliphatic heterocycles. The highest BCUT2D eigenvalue weighted by atomic mass is 16.1. The molecule has 0 spiro atoms. The molecule has 2 nitrogen and oxygen atoms in total. The number of nitrogens with zero attached hydrogens (tertiary/aromatic N) is 1. The molecule has 2 aromatic carbocycles. The highest BCUT2D eigenvalue weighted by Crippen LogP contribution is 2.23. The van der Waals surface area contributed by atoms with Crippen LogP contribution in [0.1, 0.15) is 18.9 Å². The summed E-state index contributed by atoms with van der Waals surface area (Å²) in [5.41, 5.74) is 3.70. The number of hydrogen-bond acceptors (Lipinski definition) is 1. The van der Waals surface area contributed by atoms with Crippen LogP contribution in [0, 0.1) is 6.92 Å². The third-order valence-corrected chi connectivity index (χ3v) is 3.89. The maximum atomic E-state index is 11.3. The van der Waals surface area contributed by atoms with Crippen molar-refractivity contribution in [1.29, 1.82) is 0 Å². The molecule has 20 heavy (non-hydrogen) atoms. The van der Waals surface area contributed by atoms with Crippen molar-refractivity contribution in [3.63, 3.8) is 0 Å². The Balaban J connectivity index is 2.37. The smallest absolute Gasteiger partial charge is 0.213 e. The van der Waals surface area contributed by atoms with Gasteiger partial charge >= 0.3 is 0 Å². The molecule has 0 fully saturated rings. The maximum Gasteiger partial charge on any atom is 0.213 e. The first-order valence-electron chi connectivity index (χ1n) is 6.98. The van der Waals surface area contributed by atoms with E-state index in [0.29, 0.717) is 6.42 Å². The van der Waals surface area contributed by atoms with E-state index in [-0.39, 0.29) is 5.78 Å². The molecular formula is C18H18NO+. The van der Waals surface area contributed by atoms with Gasteiger partial charge in [-0.25, -0.2) is 0 Å². The number of Topliss-reactive ketones (excluding diaryl/α,β-unsaturated/α-hetero) is 1. The van der Waals surface area contributed by atoms with Crippen molar-refractivity contribution < 1.29 is 9.36 Å². The highest BCUT2D eigenvalue weighted by molar-refractivity contribution is 5.93. The zero-order valence-electron chi connectivity index (χ0n) is 11.9. The van der Waals surface area contributed by atoms with Gasteiger partial charge in [-0.2, -0.15) is 4.57 Å². The van der Waals surface area contributed by atoms with Gasteiger partial charge in [-0.1, -0.05) is 24.3 Å². The Hall–Kier alpha value is -2.22. The summed E-state index contributed by atoms with van der Waals surface area (Å²) in [7, 11) is 0. The van der Waals surface area contributed by atoms with Gasteiger partial charge < -0.3 is 0 Å². The van der Waals surface area contributed by atoms with E-state index in [1.54, 1.807) is 6.92 Å². The molecule has 0 aliphatic rings. The van der Waals surface area contributed by atoms with E-state index in [1.807, 2.05) is 0 Å². The van der Waals surface area contributed by atoms with Gasteiger partial charge in [0.2, 0.25) is 11.0 Å². The molecule has 3 aromatic rings. The minimum atomic E-state index is 0.228. The molecular weight excluding hydrogens is 246 g/mol. The molecule has 2 heteroatoms. The van der Waals surface area contributed by atoms with Crippen molar-refractivity contribution in [2.24, 2.45) is 0 Å². The average Bonchev–Trinajstić information content (AvgIpc) is 2.47. The van der Waals surface area contributed by atoms with E-state index in [4.69, 9.17) is 0 Å². The second-order valence-electron chi connectivity index (χ2n) is 5.26. The molecule has 1 aromatic heterocycles. The lowest BCUT2D eigenvalue weighted by Crippen LogP contribution is -2.36. The molecule has 0 bridgehead atoms. The molecule has 0 radical (unpaired) electrons. The van der Waals surface area contributed by atoms with E-state index in [1.165, 1.54) is 27.4 Å². The number of aromatic nitrogens is 1. The van der Waals surface area contributed by atoms with Crippen LogP contribution in [0.5, 0.6) is 0 Å². The van der Waals surface area contributed by atoms with Crippen LogP contribution < -0.4 is 4.57 Å². The van der Waals surface area contributed by atoms with Crippen LogP contribution >= 0.6 is 0 Å². The second-order valence-corrected chi connectivity index (χ2v) is 5.26. The number of aryl methyl sites for hydroxylation is 2.